The first kappa shape index (κ1) is 18.4. The van der Waals surface area contributed by atoms with E-state index in [1.807, 2.05) is 50.2 Å². The second-order valence-electron chi connectivity index (χ2n) is 7.50. The molecule has 3 rings (SSSR count). The molecule has 0 radical (unpaired) electrons. The van der Waals surface area contributed by atoms with Crippen LogP contribution in [0.4, 0.5) is 0 Å². The second-order valence-corrected chi connectivity index (χ2v) is 7.50. The molecule has 0 aromatic heterocycles. The van der Waals surface area contributed by atoms with Crippen LogP contribution >= 0.6 is 0 Å². The molecule has 0 bridgehead atoms. The Kier molecular flexibility index (Phi) is 5.26. The first-order valence-corrected chi connectivity index (χ1v) is 9.48. The van der Waals surface area contributed by atoms with Gasteiger partial charge in [0.05, 0.1) is 0 Å². The maximum absolute atomic E-state index is 13.3. The molecule has 0 heterocycles. The Balaban J connectivity index is 1.87. The third kappa shape index (κ3) is 3.72. The Bertz CT molecular complexity index is 794. The van der Waals surface area contributed by atoms with E-state index in [4.69, 9.17) is 0 Å². The minimum atomic E-state index is -0.777. The zero-order valence-corrected chi connectivity index (χ0v) is 15.9. The van der Waals surface area contributed by atoms with Crippen LogP contribution < -0.4 is 5.32 Å². The quantitative estimate of drug-likeness (QED) is 0.789. The van der Waals surface area contributed by atoms with Crippen molar-refractivity contribution in [3.05, 3.63) is 70.3 Å². The van der Waals surface area contributed by atoms with Gasteiger partial charge in [-0.1, -0.05) is 49.1 Å². The normalized spacial score (nSPS) is 15.7. The van der Waals surface area contributed by atoms with Crippen molar-refractivity contribution in [1.29, 1.82) is 0 Å². The highest BCUT2D eigenvalue weighted by molar-refractivity contribution is 6.07. The molecule has 2 aromatic carbocycles. The van der Waals surface area contributed by atoms with Gasteiger partial charge in [0, 0.05) is 11.1 Å². The minimum Gasteiger partial charge on any atom is -0.339 e. The highest BCUT2D eigenvalue weighted by Crippen LogP contribution is 2.33. The third-order valence-corrected chi connectivity index (χ3v) is 5.35. The molecule has 26 heavy (non-hydrogen) atoms. The van der Waals surface area contributed by atoms with E-state index in [1.54, 1.807) is 0 Å². The monoisotopic (exact) mass is 349 g/mol. The van der Waals surface area contributed by atoms with Crippen LogP contribution in [0.25, 0.3) is 0 Å². The van der Waals surface area contributed by atoms with Crippen molar-refractivity contribution in [3.63, 3.8) is 0 Å². The Morgan fingerprint density at radius 3 is 2.04 bits per heavy atom. The van der Waals surface area contributed by atoms with Gasteiger partial charge in [-0.2, -0.15) is 0 Å². The predicted molar refractivity (Wildman–Crippen MR) is 105 cm³/mol. The van der Waals surface area contributed by atoms with E-state index in [0.717, 1.165) is 30.4 Å². The molecule has 136 valence electrons. The standard InChI is InChI=1S/C23H27NO2/c1-4-18-7-9-19(10-8-18)22(26)24-23(11-5-6-12-23)21(25)20-14-16(2)13-17(3)15-20/h7-10,13-15H,4-6,11-12H2,1-3H3,(H,24,26). The Hall–Kier alpha value is -2.42. The Morgan fingerprint density at radius 2 is 1.50 bits per heavy atom. The fourth-order valence-corrected chi connectivity index (χ4v) is 3.95. The summed E-state index contributed by atoms with van der Waals surface area (Å²) < 4.78 is 0. The lowest BCUT2D eigenvalue weighted by molar-refractivity contribution is 0.0770. The molecule has 0 saturated heterocycles. The maximum atomic E-state index is 13.3. The van der Waals surface area contributed by atoms with Crippen molar-refractivity contribution in [1.82, 2.24) is 5.32 Å². The smallest absolute Gasteiger partial charge is 0.252 e. The van der Waals surface area contributed by atoms with Crippen LogP contribution in [0.3, 0.4) is 0 Å². The van der Waals surface area contributed by atoms with E-state index >= 15 is 0 Å². The second kappa shape index (κ2) is 7.45. The molecule has 0 aliphatic heterocycles. The Morgan fingerprint density at radius 1 is 0.923 bits per heavy atom. The van der Waals surface area contributed by atoms with Crippen molar-refractivity contribution in [2.45, 2.75) is 58.4 Å². The van der Waals surface area contributed by atoms with Gasteiger partial charge in [0.1, 0.15) is 5.54 Å². The summed E-state index contributed by atoms with van der Waals surface area (Å²) in [6, 6.07) is 13.6. The number of aryl methyl sites for hydroxylation is 3. The zero-order chi connectivity index (χ0) is 18.7. The number of ketones is 1. The van der Waals surface area contributed by atoms with Crippen molar-refractivity contribution in [2.75, 3.05) is 0 Å². The SMILES string of the molecule is CCc1ccc(C(=O)NC2(C(=O)c3cc(C)cc(C)c3)CCCC2)cc1. The summed E-state index contributed by atoms with van der Waals surface area (Å²) in [4.78, 5) is 26.1. The average molecular weight is 349 g/mol. The summed E-state index contributed by atoms with van der Waals surface area (Å²) in [6.45, 7) is 6.09. The molecule has 3 heteroatoms. The van der Waals surface area contributed by atoms with Crippen LogP contribution in [0.15, 0.2) is 42.5 Å². The highest BCUT2D eigenvalue weighted by Gasteiger charge is 2.42. The number of nitrogens with one attached hydrogen (secondary N) is 1. The molecule has 0 unspecified atom stereocenters. The van der Waals surface area contributed by atoms with Gasteiger partial charge in [-0.3, -0.25) is 9.59 Å². The highest BCUT2D eigenvalue weighted by atomic mass is 16.2. The van der Waals surface area contributed by atoms with E-state index < -0.39 is 5.54 Å². The lowest BCUT2D eigenvalue weighted by Gasteiger charge is -2.29. The lowest BCUT2D eigenvalue weighted by atomic mass is 9.86. The Labute approximate surface area is 155 Å². The first-order chi connectivity index (χ1) is 12.4. The molecule has 1 aliphatic rings. The summed E-state index contributed by atoms with van der Waals surface area (Å²) in [5.41, 5.74) is 3.88. The van der Waals surface area contributed by atoms with Crippen LogP contribution in [-0.2, 0) is 6.42 Å². The molecule has 1 fully saturated rings. The van der Waals surface area contributed by atoms with Crippen molar-refractivity contribution >= 4 is 11.7 Å². The summed E-state index contributed by atoms with van der Waals surface area (Å²) in [6.07, 6.45) is 4.28. The summed E-state index contributed by atoms with van der Waals surface area (Å²) in [7, 11) is 0. The van der Waals surface area contributed by atoms with Gasteiger partial charge in [0.2, 0.25) is 0 Å². The fourth-order valence-electron chi connectivity index (χ4n) is 3.95. The van der Waals surface area contributed by atoms with Gasteiger partial charge in [-0.05, 0) is 62.9 Å². The van der Waals surface area contributed by atoms with E-state index in [2.05, 4.69) is 18.3 Å². The van der Waals surface area contributed by atoms with E-state index in [0.29, 0.717) is 24.0 Å². The summed E-state index contributed by atoms with van der Waals surface area (Å²) in [5, 5.41) is 3.09. The van der Waals surface area contributed by atoms with Gasteiger partial charge in [0.25, 0.3) is 5.91 Å². The maximum Gasteiger partial charge on any atom is 0.252 e. The molecule has 1 aliphatic carbocycles. The number of hydrogen-bond acceptors (Lipinski definition) is 2. The first-order valence-electron chi connectivity index (χ1n) is 9.48. The average Bonchev–Trinajstić information content (AvgIpc) is 3.10. The summed E-state index contributed by atoms with van der Waals surface area (Å²) in [5.74, 6) is -0.118. The minimum absolute atomic E-state index is 0.0420. The molecule has 1 amide bonds. The largest absolute Gasteiger partial charge is 0.339 e. The van der Waals surface area contributed by atoms with Crippen LogP contribution in [-0.4, -0.2) is 17.2 Å². The van der Waals surface area contributed by atoms with Gasteiger partial charge in [0.15, 0.2) is 5.78 Å². The van der Waals surface area contributed by atoms with Gasteiger partial charge < -0.3 is 5.32 Å². The van der Waals surface area contributed by atoms with Crippen LogP contribution in [0.1, 0.15) is 70.0 Å². The van der Waals surface area contributed by atoms with E-state index in [9.17, 15) is 9.59 Å². The van der Waals surface area contributed by atoms with Crippen molar-refractivity contribution < 1.29 is 9.59 Å². The molecule has 3 nitrogen and oxygen atoms in total. The number of rotatable bonds is 5. The molecule has 1 saturated carbocycles. The van der Waals surface area contributed by atoms with Crippen molar-refractivity contribution in [3.8, 4) is 0 Å². The number of benzene rings is 2. The number of hydrogen-bond donors (Lipinski definition) is 1. The molecular formula is C23H27NO2. The predicted octanol–water partition coefficient (Wildman–Crippen LogP) is 4.79. The molecule has 2 aromatic rings. The summed E-state index contributed by atoms with van der Waals surface area (Å²) >= 11 is 0. The number of carbonyl (C=O) groups is 2. The molecule has 0 atom stereocenters. The van der Waals surface area contributed by atoms with Crippen LogP contribution in [0.2, 0.25) is 0 Å². The number of carbonyl (C=O) groups excluding carboxylic acids is 2. The number of amides is 1. The van der Waals surface area contributed by atoms with Gasteiger partial charge in [-0.15, -0.1) is 0 Å². The molecule has 0 spiro atoms. The topological polar surface area (TPSA) is 46.2 Å². The van der Waals surface area contributed by atoms with E-state index in [1.165, 1.54) is 5.56 Å². The van der Waals surface area contributed by atoms with E-state index in [-0.39, 0.29) is 11.7 Å². The van der Waals surface area contributed by atoms with Crippen molar-refractivity contribution in [2.24, 2.45) is 0 Å². The zero-order valence-electron chi connectivity index (χ0n) is 15.9. The van der Waals surface area contributed by atoms with Crippen LogP contribution in [0.5, 0.6) is 0 Å². The van der Waals surface area contributed by atoms with Gasteiger partial charge in [-0.25, -0.2) is 0 Å². The molecule has 1 N–H and O–H groups in total. The molecular weight excluding hydrogens is 322 g/mol. The lowest BCUT2D eigenvalue weighted by Crippen LogP contribution is -2.52. The van der Waals surface area contributed by atoms with Gasteiger partial charge >= 0.3 is 0 Å². The number of Topliss-reactive ketones (excluding diaryl/α,β-unsaturated/α-hetero) is 1. The fraction of sp³-hybridized carbons (Fsp3) is 0.391. The third-order valence-electron chi connectivity index (χ3n) is 5.35. The van der Waals surface area contributed by atoms with Crippen LogP contribution in [0, 0.1) is 13.8 Å².